The van der Waals surface area contributed by atoms with Gasteiger partial charge in [0.2, 0.25) is 0 Å². The van der Waals surface area contributed by atoms with Gasteiger partial charge in [-0.15, -0.1) is 0 Å². The fourth-order valence-electron chi connectivity index (χ4n) is 1.89. The number of aromatic amines is 1. The molecule has 6 heteroatoms. The van der Waals surface area contributed by atoms with Gasteiger partial charge in [0.1, 0.15) is 5.82 Å². The summed E-state index contributed by atoms with van der Waals surface area (Å²) in [6.07, 6.45) is 0. The lowest BCUT2D eigenvalue weighted by Crippen LogP contribution is -1.86. The summed E-state index contributed by atoms with van der Waals surface area (Å²) in [5.41, 5.74) is 2.07. The smallest absolute Gasteiger partial charge is 0.271 e. The maximum atomic E-state index is 10.7. The number of nitrogens with zero attached hydrogens (tertiary/aromatic N) is 2. The molecule has 94 valence electrons. The summed E-state index contributed by atoms with van der Waals surface area (Å²) in [5, 5.41) is 11.3. The molecule has 19 heavy (non-hydrogen) atoms. The number of hydrogen-bond donors (Lipinski definition) is 1. The average molecular weight is 274 g/mol. The van der Waals surface area contributed by atoms with Crippen molar-refractivity contribution in [1.82, 2.24) is 9.97 Å². The minimum absolute atomic E-state index is 0.0182. The number of hydrogen-bond acceptors (Lipinski definition) is 3. The Morgan fingerprint density at radius 3 is 2.74 bits per heavy atom. The second-order valence-electron chi connectivity index (χ2n) is 4.02. The van der Waals surface area contributed by atoms with Crippen LogP contribution in [-0.4, -0.2) is 14.9 Å². The van der Waals surface area contributed by atoms with Crippen molar-refractivity contribution in [3.8, 4) is 11.4 Å². The van der Waals surface area contributed by atoms with Gasteiger partial charge in [0.15, 0.2) is 0 Å². The highest BCUT2D eigenvalue weighted by Crippen LogP contribution is 2.28. The molecule has 0 bridgehead atoms. The number of non-ortho nitro benzene ring substituents is 1. The molecule has 0 aliphatic carbocycles. The lowest BCUT2D eigenvalue weighted by molar-refractivity contribution is -0.384. The van der Waals surface area contributed by atoms with Gasteiger partial charge < -0.3 is 4.98 Å². The number of fused-ring (bicyclic) bond motifs is 1. The fourth-order valence-corrected chi connectivity index (χ4v) is 2.11. The Morgan fingerprint density at radius 2 is 2.00 bits per heavy atom. The molecule has 0 fully saturated rings. The van der Waals surface area contributed by atoms with Crippen LogP contribution in [0.4, 0.5) is 5.69 Å². The van der Waals surface area contributed by atoms with Crippen LogP contribution in [0.3, 0.4) is 0 Å². The molecule has 0 amide bonds. The summed E-state index contributed by atoms with van der Waals surface area (Å²) in [6.45, 7) is 0. The fraction of sp³-hybridized carbons (Fsp3) is 0. The first kappa shape index (κ1) is 11.7. The van der Waals surface area contributed by atoms with Crippen molar-refractivity contribution in [3.63, 3.8) is 0 Å². The number of H-pyrrole nitrogens is 1. The molecule has 1 N–H and O–H groups in total. The third-order valence-corrected chi connectivity index (χ3v) is 3.14. The van der Waals surface area contributed by atoms with Gasteiger partial charge in [0, 0.05) is 17.7 Å². The first-order chi connectivity index (χ1) is 9.15. The number of benzene rings is 2. The minimum atomic E-state index is -0.441. The molecule has 3 rings (SSSR count). The Morgan fingerprint density at radius 1 is 1.21 bits per heavy atom. The normalized spacial score (nSPS) is 10.8. The molecule has 5 nitrogen and oxygen atoms in total. The summed E-state index contributed by atoms with van der Waals surface area (Å²) in [5.74, 6) is 0.598. The minimum Gasteiger partial charge on any atom is -0.338 e. The van der Waals surface area contributed by atoms with Crippen molar-refractivity contribution in [1.29, 1.82) is 0 Å². The van der Waals surface area contributed by atoms with E-state index in [0.717, 1.165) is 11.1 Å². The largest absolute Gasteiger partial charge is 0.338 e. The number of halogens is 1. The van der Waals surface area contributed by atoms with Crippen molar-refractivity contribution >= 4 is 28.3 Å². The number of nitro groups is 1. The van der Waals surface area contributed by atoms with Gasteiger partial charge in [-0.05, 0) is 18.2 Å². The maximum absolute atomic E-state index is 10.7. The van der Waals surface area contributed by atoms with Crippen LogP contribution in [-0.2, 0) is 0 Å². The van der Waals surface area contributed by atoms with Crippen molar-refractivity contribution < 1.29 is 4.92 Å². The number of rotatable bonds is 2. The molecule has 0 saturated carbocycles. The Hall–Kier alpha value is -2.40. The van der Waals surface area contributed by atoms with Crippen LogP contribution in [0.15, 0.2) is 42.5 Å². The van der Waals surface area contributed by atoms with E-state index in [1.807, 2.05) is 18.2 Å². The Bertz CT molecular complexity index is 782. The van der Waals surface area contributed by atoms with Gasteiger partial charge in [-0.25, -0.2) is 4.98 Å². The quantitative estimate of drug-likeness (QED) is 0.570. The van der Waals surface area contributed by atoms with E-state index >= 15 is 0 Å². The molecule has 0 radical (unpaired) electrons. The Balaban J connectivity index is 2.17. The van der Waals surface area contributed by atoms with E-state index in [4.69, 9.17) is 11.6 Å². The van der Waals surface area contributed by atoms with E-state index in [0.29, 0.717) is 16.4 Å². The number of imidazole rings is 1. The van der Waals surface area contributed by atoms with Crippen LogP contribution < -0.4 is 0 Å². The third-order valence-electron chi connectivity index (χ3n) is 2.81. The summed E-state index contributed by atoms with van der Waals surface area (Å²) in [4.78, 5) is 17.7. The molecule has 3 aromatic rings. The van der Waals surface area contributed by atoms with Gasteiger partial charge in [-0.3, -0.25) is 10.1 Å². The molecule has 1 heterocycles. The number of nitro benzene ring substituents is 1. The monoisotopic (exact) mass is 273 g/mol. The topological polar surface area (TPSA) is 71.8 Å². The SMILES string of the molecule is O=[N+]([O-])c1ccc2[nH]c(-c3ccccc3Cl)nc2c1. The average Bonchev–Trinajstić information content (AvgIpc) is 2.81. The van der Waals surface area contributed by atoms with E-state index in [1.54, 1.807) is 12.1 Å². The lowest BCUT2D eigenvalue weighted by Gasteiger charge is -1.98. The van der Waals surface area contributed by atoms with E-state index in [2.05, 4.69) is 9.97 Å². The van der Waals surface area contributed by atoms with Gasteiger partial charge in [0.25, 0.3) is 5.69 Å². The van der Waals surface area contributed by atoms with Gasteiger partial charge in [-0.2, -0.15) is 0 Å². The first-order valence-corrected chi connectivity index (χ1v) is 5.92. The molecular formula is C13H8ClN3O2. The third kappa shape index (κ3) is 2.04. The van der Waals surface area contributed by atoms with Crippen LogP contribution in [0.25, 0.3) is 22.4 Å². The summed E-state index contributed by atoms with van der Waals surface area (Å²) in [6, 6.07) is 11.8. The van der Waals surface area contributed by atoms with Crippen LogP contribution >= 0.6 is 11.6 Å². The lowest BCUT2D eigenvalue weighted by atomic mass is 10.2. The zero-order valence-corrected chi connectivity index (χ0v) is 10.4. The molecule has 1 aromatic heterocycles. The molecule has 0 unspecified atom stereocenters. The van der Waals surface area contributed by atoms with E-state index in [-0.39, 0.29) is 5.69 Å². The van der Waals surface area contributed by atoms with Crippen LogP contribution in [0, 0.1) is 10.1 Å². The zero-order chi connectivity index (χ0) is 13.4. The maximum Gasteiger partial charge on any atom is 0.271 e. The van der Waals surface area contributed by atoms with Crippen LogP contribution in [0.1, 0.15) is 0 Å². The van der Waals surface area contributed by atoms with Crippen molar-refractivity contribution in [2.24, 2.45) is 0 Å². The second kappa shape index (κ2) is 4.37. The predicted octanol–water partition coefficient (Wildman–Crippen LogP) is 3.79. The van der Waals surface area contributed by atoms with Crippen molar-refractivity contribution in [2.45, 2.75) is 0 Å². The van der Waals surface area contributed by atoms with Gasteiger partial charge >= 0.3 is 0 Å². The molecular weight excluding hydrogens is 266 g/mol. The number of aromatic nitrogens is 2. The molecule has 0 atom stereocenters. The van der Waals surface area contributed by atoms with E-state index < -0.39 is 4.92 Å². The highest BCUT2D eigenvalue weighted by atomic mass is 35.5. The Kier molecular flexibility index (Phi) is 2.68. The molecule has 0 saturated heterocycles. The summed E-state index contributed by atoms with van der Waals surface area (Å²) in [7, 11) is 0. The highest BCUT2D eigenvalue weighted by Gasteiger charge is 2.11. The van der Waals surface area contributed by atoms with Gasteiger partial charge in [0.05, 0.1) is 21.0 Å². The van der Waals surface area contributed by atoms with E-state index in [9.17, 15) is 10.1 Å². The second-order valence-corrected chi connectivity index (χ2v) is 4.43. The van der Waals surface area contributed by atoms with Crippen molar-refractivity contribution in [3.05, 3.63) is 57.6 Å². The summed E-state index contributed by atoms with van der Waals surface area (Å²) >= 11 is 6.10. The molecule has 0 aliphatic heterocycles. The zero-order valence-electron chi connectivity index (χ0n) is 9.63. The van der Waals surface area contributed by atoms with Crippen LogP contribution in [0.5, 0.6) is 0 Å². The molecule has 2 aromatic carbocycles. The Labute approximate surface area is 113 Å². The van der Waals surface area contributed by atoms with Crippen molar-refractivity contribution in [2.75, 3.05) is 0 Å². The highest BCUT2D eigenvalue weighted by molar-refractivity contribution is 6.33. The number of nitrogens with one attached hydrogen (secondary N) is 1. The first-order valence-electron chi connectivity index (χ1n) is 5.54. The van der Waals surface area contributed by atoms with Gasteiger partial charge in [-0.1, -0.05) is 23.7 Å². The molecule has 0 aliphatic rings. The van der Waals surface area contributed by atoms with E-state index in [1.165, 1.54) is 12.1 Å². The van der Waals surface area contributed by atoms with Crippen LogP contribution in [0.2, 0.25) is 5.02 Å². The predicted molar refractivity (Wildman–Crippen MR) is 73.2 cm³/mol. The standard InChI is InChI=1S/C13H8ClN3O2/c14-10-4-2-1-3-9(10)13-15-11-6-5-8(17(18)19)7-12(11)16-13/h1-7H,(H,15,16). The molecule has 0 spiro atoms. The summed E-state index contributed by atoms with van der Waals surface area (Å²) < 4.78 is 0.